The summed E-state index contributed by atoms with van der Waals surface area (Å²) in [5, 5.41) is 10.2. The molecule has 5 atom stereocenters. The molecule has 1 aromatic rings. The van der Waals surface area contributed by atoms with E-state index in [2.05, 4.69) is 65.1 Å². The van der Waals surface area contributed by atoms with Crippen molar-refractivity contribution in [3.8, 4) is 0 Å². The molecule has 1 heterocycles. The van der Waals surface area contributed by atoms with Gasteiger partial charge < -0.3 is 19.0 Å². The van der Waals surface area contributed by atoms with Crippen LogP contribution in [0.5, 0.6) is 0 Å². The number of ether oxygens (including phenoxy) is 2. The van der Waals surface area contributed by atoms with Crippen LogP contribution in [0.3, 0.4) is 0 Å². The number of rotatable bonds is 10. The number of hydrogen-bond donors (Lipinski definition) is 1. The standard InChI is InChI=1S/C28H48O5Si/c1-20-23(16-15-21-13-11-10-12-14-21)25(19-31-26(30)27(2,3)4)32-24(20)17-22(18-29)33-34(8,9)28(5,6)7/h10-14,20,22-25,29H,15-19H2,1-9H3/t20-,22?,23?,24?,25+/m1/s1. The second-order valence-electron chi connectivity index (χ2n) is 12.5. The first-order valence-electron chi connectivity index (χ1n) is 12.8. The quantitative estimate of drug-likeness (QED) is 0.320. The lowest BCUT2D eigenvalue weighted by Gasteiger charge is -2.39. The highest BCUT2D eigenvalue weighted by molar-refractivity contribution is 6.74. The van der Waals surface area contributed by atoms with Gasteiger partial charge in [0.15, 0.2) is 8.32 Å². The summed E-state index contributed by atoms with van der Waals surface area (Å²) in [4.78, 5) is 12.4. The molecule has 1 aliphatic heterocycles. The van der Waals surface area contributed by atoms with Crippen molar-refractivity contribution in [2.45, 2.75) is 104 Å². The van der Waals surface area contributed by atoms with Crippen molar-refractivity contribution < 1.29 is 23.8 Å². The van der Waals surface area contributed by atoms with Crippen LogP contribution in [-0.2, 0) is 25.1 Å². The van der Waals surface area contributed by atoms with Crippen LogP contribution in [0.2, 0.25) is 18.1 Å². The third-order valence-electron chi connectivity index (χ3n) is 7.66. The van der Waals surface area contributed by atoms with E-state index in [1.54, 1.807) is 0 Å². The van der Waals surface area contributed by atoms with Crippen molar-refractivity contribution in [2.75, 3.05) is 13.2 Å². The van der Waals surface area contributed by atoms with Crippen molar-refractivity contribution in [3.05, 3.63) is 35.9 Å². The number of aryl methyl sites for hydroxylation is 1. The van der Waals surface area contributed by atoms with Crippen LogP contribution in [0, 0.1) is 17.3 Å². The summed E-state index contributed by atoms with van der Waals surface area (Å²) in [6.45, 7) is 19.1. The molecule has 0 amide bonds. The second kappa shape index (κ2) is 11.7. The normalized spacial score (nSPS) is 24.8. The van der Waals surface area contributed by atoms with E-state index in [1.807, 2.05) is 26.8 Å². The molecule has 5 nitrogen and oxygen atoms in total. The van der Waals surface area contributed by atoms with Gasteiger partial charge in [-0.15, -0.1) is 0 Å². The van der Waals surface area contributed by atoms with Crippen molar-refractivity contribution in [1.82, 2.24) is 0 Å². The molecule has 2 rings (SSSR count). The number of esters is 1. The molecule has 6 heteroatoms. The van der Waals surface area contributed by atoms with E-state index in [9.17, 15) is 9.90 Å². The highest BCUT2D eigenvalue weighted by atomic mass is 28.4. The van der Waals surface area contributed by atoms with Gasteiger partial charge in [0.2, 0.25) is 0 Å². The molecule has 194 valence electrons. The first-order valence-corrected chi connectivity index (χ1v) is 15.7. The summed E-state index contributed by atoms with van der Waals surface area (Å²) in [7, 11) is -2.01. The van der Waals surface area contributed by atoms with Crippen LogP contribution in [0.4, 0.5) is 0 Å². The van der Waals surface area contributed by atoms with E-state index >= 15 is 0 Å². The monoisotopic (exact) mass is 492 g/mol. The Bertz CT molecular complexity index is 765. The lowest BCUT2D eigenvalue weighted by molar-refractivity contribution is -0.157. The predicted molar refractivity (Wildman–Crippen MR) is 140 cm³/mol. The maximum absolute atomic E-state index is 12.4. The zero-order valence-electron chi connectivity index (χ0n) is 22.9. The van der Waals surface area contributed by atoms with Crippen LogP contribution < -0.4 is 0 Å². The van der Waals surface area contributed by atoms with Crippen molar-refractivity contribution >= 4 is 14.3 Å². The smallest absolute Gasteiger partial charge is 0.311 e. The summed E-state index contributed by atoms with van der Waals surface area (Å²) in [5.41, 5.74) is 0.764. The maximum Gasteiger partial charge on any atom is 0.311 e. The van der Waals surface area contributed by atoms with Gasteiger partial charge in [0.05, 0.1) is 30.3 Å². The van der Waals surface area contributed by atoms with E-state index in [1.165, 1.54) is 5.56 Å². The number of carbonyl (C=O) groups is 1. The van der Waals surface area contributed by atoms with Gasteiger partial charge in [-0.2, -0.15) is 0 Å². The van der Waals surface area contributed by atoms with Crippen molar-refractivity contribution in [2.24, 2.45) is 17.3 Å². The van der Waals surface area contributed by atoms with Gasteiger partial charge in [-0.1, -0.05) is 58.0 Å². The number of hydrogen-bond acceptors (Lipinski definition) is 5. The van der Waals surface area contributed by atoms with Gasteiger partial charge in [0, 0.05) is 6.42 Å². The molecule has 1 fully saturated rings. The Morgan fingerprint density at radius 3 is 2.24 bits per heavy atom. The maximum atomic E-state index is 12.4. The predicted octanol–water partition coefficient (Wildman–Crippen LogP) is 6.00. The number of carbonyl (C=O) groups excluding carboxylic acids is 1. The first kappa shape index (κ1) is 29.0. The molecule has 0 aromatic heterocycles. The van der Waals surface area contributed by atoms with E-state index in [0.717, 1.165) is 12.8 Å². The van der Waals surface area contributed by atoms with Crippen molar-refractivity contribution in [3.63, 3.8) is 0 Å². The number of aliphatic hydroxyl groups is 1. The summed E-state index contributed by atoms with van der Waals surface area (Å²) < 4.78 is 18.7. The minimum absolute atomic E-state index is 0.0164. The highest BCUT2D eigenvalue weighted by Crippen LogP contribution is 2.41. The SMILES string of the molecule is C[C@H]1C(CC(CO)O[Si](C)(C)C(C)(C)C)O[C@@H](COC(=O)C(C)(C)C)C1CCc1ccccc1. The molecule has 1 N–H and O–H groups in total. The highest BCUT2D eigenvalue weighted by Gasteiger charge is 2.45. The molecule has 0 aliphatic carbocycles. The van der Waals surface area contributed by atoms with Crippen LogP contribution >= 0.6 is 0 Å². The number of benzene rings is 1. The third-order valence-corrected chi connectivity index (χ3v) is 12.2. The van der Waals surface area contributed by atoms with Crippen LogP contribution in [0.25, 0.3) is 0 Å². The Morgan fingerprint density at radius 2 is 1.71 bits per heavy atom. The Kier molecular flexibility index (Phi) is 9.97. The molecule has 1 aliphatic rings. The average molecular weight is 493 g/mol. The summed E-state index contributed by atoms with van der Waals surface area (Å²) >= 11 is 0. The fourth-order valence-electron chi connectivity index (χ4n) is 4.31. The number of aliphatic hydroxyl groups excluding tert-OH is 1. The third kappa shape index (κ3) is 7.90. The molecule has 34 heavy (non-hydrogen) atoms. The molecule has 1 saturated heterocycles. The zero-order valence-corrected chi connectivity index (χ0v) is 23.9. The summed E-state index contributed by atoms with van der Waals surface area (Å²) in [5.74, 6) is 0.341. The van der Waals surface area contributed by atoms with Gasteiger partial charge >= 0.3 is 5.97 Å². The second-order valence-corrected chi connectivity index (χ2v) is 17.3. The van der Waals surface area contributed by atoms with Gasteiger partial charge in [0.1, 0.15) is 6.61 Å². The molecular weight excluding hydrogens is 444 g/mol. The van der Waals surface area contributed by atoms with E-state index in [4.69, 9.17) is 13.9 Å². The van der Waals surface area contributed by atoms with Gasteiger partial charge in [0.25, 0.3) is 0 Å². The van der Waals surface area contributed by atoms with Gasteiger partial charge in [-0.3, -0.25) is 4.79 Å². The van der Waals surface area contributed by atoms with Crippen molar-refractivity contribution in [1.29, 1.82) is 0 Å². The fourth-order valence-corrected chi connectivity index (χ4v) is 5.67. The lowest BCUT2D eigenvalue weighted by Crippen LogP contribution is -2.46. The molecule has 0 saturated carbocycles. The Morgan fingerprint density at radius 1 is 1.09 bits per heavy atom. The molecule has 3 unspecified atom stereocenters. The minimum Gasteiger partial charge on any atom is -0.463 e. The van der Waals surface area contributed by atoms with E-state index in [-0.39, 0.29) is 54.4 Å². The molecule has 0 radical (unpaired) electrons. The zero-order chi connectivity index (χ0) is 25.7. The van der Waals surface area contributed by atoms with Crippen LogP contribution in [0.15, 0.2) is 30.3 Å². The topological polar surface area (TPSA) is 65.0 Å². The molecule has 0 spiro atoms. The van der Waals surface area contributed by atoms with Gasteiger partial charge in [-0.05, 0) is 69.1 Å². The minimum atomic E-state index is -2.01. The molecule has 0 bridgehead atoms. The lowest BCUT2D eigenvalue weighted by atomic mass is 9.83. The van der Waals surface area contributed by atoms with Crippen LogP contribution in [0.1, 0.15) is 66.9 Å². The fraction of sp³-hybridized carbons (Fsp3) is 0.750. The average Bonchev–Trinajstić information content (AvgIpc) is 3.03. The Labute approximate surface area is 208 Å². The van der Waals surface area contributed by atoms with E-state index < -0.39 is 13.7 Å². The van der Waals surface area contributed by atoms with Crippen LogP contribution in [-0.4, -0.2) is 50.9 Å². The Hall–Kier alpha value is -1.21. The van der Waals surface area contributed by atoms with E-state index in [0.29, 0.717) is 6.42 Å². The molecule has 1 aromatic carbocycles. The summed E-state index contributed by atoms with van der Waals surface area (Å²) in [6, 6.07) is 10.5. The largest absolute Gasteiger partial charge is 0.463 e. The summed E-state index contributed by atoms with van der Waals surface area (Å²) in [6.07, 6.45) is 2.13. The molecular formula is C28H48O5Si. The first-order chi connectivity index (χ1) is 15.7. The van der Waals surface area contributed by atoms with Gasteiger partial charge in [-0.25, -0.2) is 0 Å². The Balaban J connectivity index is 2.12.